The Kier molecular flexibility index (Phi) is 6.73. The highest BCUT2D eigenvalue weighted by Gasteiger charge is 2.36. The predicted molar refractivity (Wildman–Crippen MR) is 127 cm³/mol. The molecule has 2 N–H and O–H groups in total. The van der Waals surface area contributed by atoms with Crippen molar-refractivity contribution < 1.29 is 14.5 Å². The number of carbonyl (C=O) groups is 1. The maximum absolute atomic E-state index is 13.2. The fourth-order valence-electron chi connectivity index (χ4n) is 3.73. The molecule has 1 aliphatic heterocycles. The van der Waals surface area contributed by atoms with Crippen molar-refractivity contribution in [2.24, 2.45) is 0 Å². The van der Waals surface area contributed by atoms with Crippen LogP contribution in [0.3, 0.4) is 0 Å². The minimum Gasteiger partial charge on any atom is -0.463 e. The maximum atomic E-state index is 13.2. The Morgan fingerprint density at radius 1 is 1.21 bits per heavy atom. The number of allylic oxidation sites excluding steroid dienone is 1. The molecule has 11 heteroatoms. The summed E-state index contributed by atoms with van der Waals surface area (Å²) in [5.74, 6) is -0.349. The summed E-state index contributed by atoms with van der Waals surface area (Å²) in [5.41, 5.74) is 2.42. The largest absolute Gasteiger partial charge is 0.463 e. The molecule has 1 aliphatic rings. The zero-order valence-corrected chi connectivity index (χ0v) is 19.2. The molecule has 0 radical (unpaired) electrons. The second kappa shape index (κ2) is 9.87. The number of nitro benzene ring substituents is 1. The predicted octanol–water partition coefficient (Wildman–Crippen LogP) is 3.76. The fraction of sp³-hybridized carbons (Fsp3) is 0.217. The van der Waals surface area contributed by atoms with E-state index in [1.807, 2.05) is 0 Å². The number of nitrogens with one attached hydrogen (secondary N) is 2. The van der Waals surface area contributed by atoms with Gasteiger partial charge in [-0.1, -0.05) is 23.9 Å². The standard InChI is InChI=1S/C23H21N5O5S/c1-3-33-22(30)17-13(2)25-20-19(18(17)15-8-10-24-11-9-15)21(29)27-23(26-20)34-12-14-4-6-16(7-5-14)28(31)32/h4-11,18H,3,12H2,1-2H3,(H2,25,26,27,29)/t18-/m0/s1. The Morgan fingerprint density at radius 2 is 1.91 bits per heavy atom. The van der Waals surface area contributed by atoms with Crippen molar-refractivity contribution in [1.29, 1.82) is 0 Å². The van der Waals surface area contributed by atoms with Gasteiger partial charge in [-0.05, 0) is 37.1 Å². The Bertz CT molecular complexity index is 1320. The van der Waals surface area contributed by atoms with Gasteiger partial charge in [-0.3, -0.25) is 19.9 Å². The van der Waals surface area contributed by atoms with Gasteiger partial charge in [0.05, 0.1) is 28.6 Å². The second-order valence-electron chi connectivity index (χ2n) is 7.44. The summed E-state index contributed by atoms with van der Waals surface area (Å²) in [6.45, 7) is 3.68. The van der Waals surface area contributed by atoms with Crippen LogP contribution in [-0.2, 0) is 15.3 Å². The van der Waals surface area contributed by atoms with E-state index in [1.165, 1.54) is 23.9 Å². The summed E-state index contributed by atoms with van der Waals surface area (Å²) < 4.78 is 5.26. The number of esters is 1. The lowest BCUT2D eigenvalue weighted by atomic mass is 9.83. The normalized spacial score (nSPS) is 14.8. The van der Waals surface area contributed by atoms with Crippen molar-refractivity contribution in [3.05, 3.63) is 97.2 Å². The number of carbonyl (C=O) groups excluding carboxylic acids is 1. The molecule has 0 aliphatic carbocycles. The van der Waals surface area contributed by atoms with Gasteiger partial charge in [0.2, 0.25) is 0 Å². The van der Waals surface area contributed by atoms with Crippen molar-refractivity contribution in [3.8, 4) is 0 Å². The number of pyridine rings is 1. The third kappa shape index (κ3) is 4.69. The number of ether oxygens (including phenoxy) is 1. The third-order valence-corrected chi connectivity index (χ3v) is 6.22. The summed E-state index contributed by atoms with van der Waals surface area (Å²) >= 11 is 1.29. The van der Waals surface area contributed by atoms with Crippen LogP contribution in [0, 0.1) is 10.1 Å². The smallest absolute Gasteiger partial charge is 0.336 e. The topological polar surface area (TPSA) is 140 Å². The highest BCUT2D eigenvalue weighted by molar-refractivity contribution is 7.98. The molecule has 10 nitrogen and oxygen atoms in total. The van der Waals surface area contributed by atoms with Crippen LogP contribution in [-0.4, -0.2) is 32.5 Å². The minimum atomic E-state index is -0.664. The second-order valence-corrected chi connectivity index (χ2v) is 8.41. The van der Waals surface area contributed by atoms with E-state index in [0.717, 1.165) is 11.1 Å². The molecule has 0 saturated carbocycles. The Morgan fingerprint density at radius 3 is 2.56 bits per heavy atom. The number of thioether (sulfide) groups is 1. The van der Waals surface area contributed by atoms with E-state index in [4.69, 9.17) is 4.74 Å². The molecule has 1 aromatic carbocycles. The number of hydrogen-bond acceptors (Lipinski definition) is 9. The van der Waals surface area contributed by atoms with Gasteiger partial charge in [0.15, 0.2) is 5.16 Å². The van der Waals surface area contributed by atoms with Crippen molar-refractivity contribution in [2.45, 2.75) is 30.7 Å². The summed E-state index contributed by atoms with van der Waals surface area (Å²) in [5, 5.41) is 14.3. The third-order valence-electron chi connectivity index (χ3n) is 5.28. The van der Waals surface area contributed by atoms with Gasteiger partial charge in [-0.2, -0.15) is 0 Å². The molecular weight excluding hydrogens is 458 g/mol. The molecule has 1 atom stereocenters. The first-order valence-electron chi connectivity index (χ1n) is 10.4. The summed E-state index contributed by atoms with van der Waals surface area (Å²) in [7, 11) is 0. The van der Waals surface area contributed by atoms with E-state index >= 15 is 0 Å². The first kappa shape index (κ1) is 23.2. The van der Waals surface area contributed by atoms with Crippen molar-refractivity contribution in [2.75, 3.05) is 11.9 Å². The van der Waals surface area contributed by atoms with Crippen LogP contribution in [0.4, 0.5) is 11.5 Å². The first-order valence-corrected chi connectivity index (χ1v) is 11.4. The number of H-pyrrole nitrogens is 1. The highest BCUT2D eigenvalue weighted by Crippen LogP contribution is 2.40. The van der Waals surface area contributed by atoms with Crippen LogP contribution in [0.1, 0.15) is 36.5 Å². The zero-order chi connectivity index (χ0) is 24.2. The maximum Gasteiger partial charge on any atom is 0.336 e. The molecule has 0 unspecified atom stereocenters. The molecule has 174 valence electrons. The fourth-order valence-corrected chi connectivity index (χ4v) is 4.55. The van der Waals surface area contributed by atoms with E-state index in [9.17, 15) is 19.7 Å². The number of nitrogens with zero attached hydrogens (tertiary/aromatic N) is 3. The van der Waals surface area contributed by atoms with E-state index in [2.05, 4.69) is 20.3 Å². The quantitative estimate of drug-likeness (QED) is 0.170. The minimum absolute atomic E-state index is 0.0140. The van der Waals surface area contributed by atoms with Crippen molar-refractivity contribution >= 4 is 29.2 Å². The molecule has 3 heterocycles. The lowest BCUT2D eigenvalue weighted by molar-refractivity contribution is -0.384. The van der Waals surface area contributed by atoms with Crippen molar-refractivity contribution in [3.63, 3.8) is 0 Å². The molecule has 0 spiro atoms. The zero-order valence-electron chi connectivity index (χ0n) is 18.4. The van der Waals surface area contributed by atoms with Crippen molar-refractivity contribution in [1.82, 2.24) is 15.0 Å². The van der Waals surface area contributed by atoms with Gasteiger partial charge in [0.1, 0.15) is 5.82 Å². The van der Waals surface area contributed by atoms with Crippen LogP contribution < -0.4 is 10.9 Å². The Balaban J connectivity index is 1.68. The number of fused-ring (bicyclic) bond motifs is 1. The number of rotatable bonds is 7. The average molecular weight is 480 g/mol. The lowest BCUT2D eigenvalue weighted by Gasteiger charge is -2.28. The van der Waals surface area contributed by atoms with Gasteiger partial charge >= 0.3 is 5.97 Å². The van der Waals surface area contributed by atoms with Crippen LogP contribution in [0.15, 0.2) is 70.0 Å². The van der Waals surface area contributed by atoms with E-state index in [-0.39, 0.29) is 17.9 Å². The van der Waals surface area contributed by atoms with Gasteiger partial charge in [-0.15, -0.1) is 0 Å². The van der Waals surface area contributed by atoms with Gasteiger partial charge in [-0.25, -0.2) is 9.78 Å². The number of non-ortho nitro benzene ring substituents is 1. The van der Waals surface area contributed by atoms with Gasteiger partial charge < -0.3 is 15.0 Å². The molecule has 0 bridgehead atoms. The molecule has 3 aromatic rings. The van der Waals surface area contributed by atoms with Crippen LogP contribution in [0.2, 0.25) is 0 Å². The van der Waals surface area contributed by atoms with Crippen LogP contribution in [0.25, 0.3) is 0 Å². The van der Waals surface area contributed by atoms with Gasteiger partial charge in [0, 0.05) is 36.0 Å². The Labute approximate surface area is 198 Å². The number of aromatic nitrogens is 3. The van der Waals surface area contributed by atoms with E-state index < -0.39 is 16.8 Å². The number of aromatic amines is 1. The Hall–Kier alpha value is -3.99. The van der Waals surface area contributed by atoms with Crippen LogP contribution in [0.5, 0.6) is 0 Å². The number of hydrogen-bond donors (Lipinski definition) is 2. The number of benzene rings is 1. The summed E-state index contributed by atoms with van der Waals surface area (Å²) in [6, 6.07) is 9.71. The highest BCUT2D eigenvalue weighted by atomic mass is 32.2. The molecule has 34 heavy (non-hydrogen) atoms. The molecule has 4 rings (SSSR count). The molecular formula is C23H21N5O5S. The monoisotopic (exact) mass is 479 g/mol. The molecule has 0 amide bonds. The van der Waals surface area contributed by atoms with E-state index in [0.29, 0.717) is 33.6 Å². The SMILES string of the molecule is CCOC(=O)C1=C(C)Nc2nc(SCc3ccc([N+](=O)[O-])cc3)[nH]c(=O)c2[C@H]1c1ccncc1. The van der Waals surface area contributed by atoms with Crippen LogP contribution >= 0.6 is 11.8 Å². The van der Waals surface area contributed by atoms with Gasteiger partial charge in [0.25, 0.3) is 11.2 Å². The lowest BCUT2D eigenvalue weighted by Crippen LogP contribution is -2.31. The van der Waals surface area contributed by atoms with E-state index in [1.54, 1.807) is 50.5 Å². The number of anilines is 1. The molecule has 2 aromatic heterocycles. The molecule has 0 saturated heterocycles. The first-order chi connectivity index (χ1) is 16.4. The summed E-state index contributed by atoms with van der Waals surface area (Å²) in [4.78, 5) is 47.8. The number of nitro groups is 1. The summed E-state index contributed by atoms with van der Waals surface area (Å²) in [6.07, 6.45) is 3.20. The average Bonchev–Trinajstić information content (AvgIpc) is 2.82. The molecule has 0 fully saturated rings.